The molecule has 2 N–H and O–H groups in total. The van der Waals surface area contributed by atoms with Crippen LogP contribution in [-0.2, 0) is 9.59 Å². The average molecular weight is 347 g/mol. The van der Waals surface area contributed by atoms with Gasteiger partial charge in [-0.05, 0) is 40.2 Å². The quantitative estimate of drug-likeness (QED) is 0.776. The number of piperidine rings is 1. The molecule has 7 heteroatoms. The lowest BCUT2D eigenvalue weighted by molar-refractivity contribution is -0.138. The molecule has 2 amide bonds. The van der Waals surface area contributed by atoms with Crippen LogP contribution in [-0.4, -0.2) is 73.0 Å². The number of carbonyl (C=O) groups excluding carboxylic acids is 2. The second-order valence-corrected chi connectivity index (χ2v) is 6.90. The SMILES string of the molecule is CC(C)NC(=O)CN1CCN(C(=O)[C@H]2CCN[C@@H](C)C2)CC1.Cl. The summed E-state index contributed by atoms with van der Waals surface area (Å²) in [6.45, 7) is 10.5. The summed E-state index contributed by atoms with van der Waals surface area (Å²) in [4.78, 5) is 28.5. The van der Waals surface area contributed by atoms with Gasteiger partial charge in [0.1, 0.15) is 0 Å². The minimum atomic E-state index is 0. The van der Waals surface area contributed by atoms with Crippen molar-refractivity contribution >= 4 is 24.2 Å². The average Bonchev–Trinajstić information content (AvgIpc) is 2.46. The first-order chi connectivity index (χ1) is 10.5. The minimum Gasteiger partial charge on any atom is -0.353 e. The predicted molar refractivity (Wildman–Crippen MR) is 93.7 cm³/mol. The number of carbonyl (C=O) groups is 2. The van der Waals surface area contributed by atoms with E-state index in [4.69, 9.17) is 0 Å². The van der Waals surface area contributed by atoms with Crippen molar-refractivity contribution in [2.24, 2.45) is 5.92 Å². The Morgan fingerprint density at radius 1 is 1.22 bits per heavy atom. The molecule has 2 fully saturated rings. The Labute approximate surface area is 145 Å². The second kappa shape index (κ2) is 9.45. The number of halogens is 1. The summed E-state index contributed by atoms with van der Waals surface area (Å²) < 4.78 is 0. The molecule has 0 aromatic rings. The second-order valence-electron chi connectivity index (χ2n) is 6.90. The van der Waals surface area contributed by atoms with Gasteiger partial charge in [-0.25, -0.2) is 0 Å². The summed E-state index contributed by atoms with van der Waals surface area (Å²) in [5, 5.41) is 6.30. The third-order valence-corrected chi connectivity index (χ3v) is 4.47. The lowest BCUT2D eigenvalue weighted by Crippen LogP contribution is -2.53. The van der Waals surface area contributed by atoms with Crippen molar-refractivity contribution in [3.05, 3.63) is 0 Å². The summed E-state index contributed by atoms with van der Waals surface area (Å²) >= 11 is 0. The van der Waals surface area contributed by atoms with Crippen LogP contribution in [0.3, 0.4) is 0 Å². The highest BCUT2D eigenvalue weighted by Gasteiger charge is 2.30. The van der Waals surface area contributed by atoms with Gasteiger partial charge in [-0.1, -0.05) is 0 Å². The van der Waals surface area contributed by atoms with Gasteiger partial charge in [0.2, 0.25) is 11.8 Å². The van der Waals surface area contributed by atoms with Crippen LogP contribution in [0, 0.1) is 5.92 Å². The molecule has 0 spiro atoms. The molecule has 2 saturated heterocycles. The smallest absolute Gasteiger partial charge is 0.234 e. The van der Waals surface area contributed by atoms with Crippen molar-refractivity contribution in [3.63, 3.8) is 0 Å². The van der Waals surface area contributed by atoms with Crippen LogP contribution in [0.25, 0.3) is 0 Å². The molecule has 2 aliphatic rings. The van der Waals surface area contributed by atoms with Crippen molar-refractivity contribution < 1.29 is 9.59 Å². The minimum absolute atomic E-state index is 0. The van der Waals surface area contributed by atoms with Gasteiger partial charge in [-0.2, -0.15) is 0 Å². The molecule has 2 heterocycles. The van der Waals surface area contributed by atoms with Gasteiger partial charge in [0.05, 0.1) is 6.54 Å². The maximum absolute atomic E-state index is 12.6. The molecule has 23 heavy (non-hydrogen) atoms. The van der Waals surface area contributed by atoms with Crippen molar-refractivity contribution in [3.8, 4) is 0 Å². The highest BCUT2D eigenvalue weighted by Crippen LogP contribution is 2.19. The first kappa shape index (κ1) is 20.2. The molecule has 2 aliphatic heterocycles. The molecule has 0 radical (unpaired) electrons. The number of piperazine rings is 1. The van der Waals surface area contributed by atoms with Gasteiger partial charge in [-0.3, -0.25) is 14.5 Å². The Bertz CT molecular complexity index is 398. The van der Waals surface area contributed by atoms with Crippen LogP contribution in [0.2, 0.25) is 0 Å². The van der Waals surface area contributed by atoms with Crippen LogP contribution in [0.5, 0.6) is 0 Å². The molecule has 134 valence electrons. The Hall–Kier alpha value is -0.850. The molecular weight excluding hydrogens is 316 g/mol. The van der Waals surface area contributed by atoms with Crippen LogP contribution in [0.4, 0.5) is 0 Å². The standard InChI is InChI=1S/C16H30N4O2.ClH/c1-12(2)18-15(21)11-19-6-8-20(9-7-19)16(22)14-4-5-17-13(3)10-14;/h12-14,17H,4-11H2,1-3H3,(H,18,21);1H/t13-,14-;/m0./s1. The topological polar surface area (TPSA) is 64.7 Å². The van der Waals surface area contributed by atoms with Crippen LogP contribution < -0.4 is 10.6 Å². The largest absolute Gasteiger partial charge is 0.353 e. The maximum atomic E-state index is 12.6. The Morgan fingerprint density at radius 3 is 2.43 bits per heavy atom. The molecule has 0 unspecified atom stereocenters. The van der Waals surface area contributed by atoms with E-state index in [0.717, 1.165) is 45.6 Å². The Morgan fingerprint density at radius 2 is 1.87 bits per heavy atom. The van der Waals surface area contributed by atoms with Crippen LogP contribution >= 0.6 is 12.4 Å². The number of rotatable bonds is 4. The number of amides is 2. The van der Waals surface area contributed by atoms with E-state index in [0.29, 0.717) is 18.5 Å². The molecule has 2 atom stereocenters. The molecule has 2 rings (SSSR count). The van der Waals surface area contributed by atoms with Crippen molar-refractivity contribution in [2.45, 2.75) is 45.7 Å². The Kier molecular flexibility index (Phi) is 8.29. The van der Waals surface area contributed by atoms with E-state index in [9.17, 15) is 9.59 Å². The van der Waals surface area contributed by atoms with E-state index in [1.54, 1.807) is 0 Å². The van der Waals surface area contributed by atoms with E-state index in [-0.39, 0.29) is 30.3 Å². The van der Waals surface area contributed by atoms with Crippen molar-refractivity contribution in [1.29, 1.82) is 0 Å². The third-order valence-electron chi connectivity index (χ3n) is 4.47. The normalized spacial score (nSPS) is 25.8. The van der Waals surface area contributed by atoms with E-state index in [1.165, 1.54) is 0 Å². The molecule has 0 bridgehead atoms. The first-order valence-electron chi connectivity index (χ1n) is 8.49. The molecule has 0 aliphatic carbocycles. The number of nitrogens with one attached hydrogen (secondary N) is 2. The Balaban J connectivity index is 0.00000264. The van der Waals surface area contributed by atoms with Gasteiger partial charge >= 0.3 is 0 Å². The summed E-state index contributed by atoms with van der Waals surface area (Å²) in [5.41, 5.74) is 0. The van der Waals surface area contributed by atoms with Gasteiger partial charge in [0.15, 0.2) is 0 Å². The molecule has 0 saturated carbocycles. The fourth-order valence-electron chi connectivity index (χ4n) is 3.31. The van der Waals surface area contributed by atoms with Gasteiger partial charge in [0, 0.05) is 44.2 Å². The fraction of sp³-hybridized carbons (Fsp3) is 0.875. The fourth-order valence-corrected chi connectivity index (χ4v) is 3.31. The lowest BCUT2D eigenvalue weighted by Gasteiger charge is -2.37. The lowest BCUT2D eigenvalue weighted by atomic mass is 9.92. The number of nitrogens with zero attached hydrogens (tertiary/aromatic N) is 2. The van der Waals surface area contributed by atoms with Crippen molar-refractivity contribution in [1.82, 2.24) is 20.4 Å². The summed E-state index contributed by atoms with van der Waals surface area (Å²) in [6.07, 6.45) is 1.88. The van der Waals surface area contributed by atoms with Crippen LogP contribution in [0.15, 0.2) is 0 Å². The zero-order chi connectivity index (χ0) is 16.1. The van der Waals surface area contributed by atoms with E-state index >= 15 is 0 Å². The maximum Gasteiger partial charge on any atom is 0.234 e. The van der Waals surface area contributed by atoms with E-state index < -0.39 is 0 Å². The predicted octanol–water partition coefficient (Wildman–Crippen LogP) is 0.465. The van der Waals surface area contributed by atoms with Gasteiger partial charge in [0.25, 0.3) is 0 Å². The molecule has 0 aromatic carbocycles. The van der Waals surface area contributed by atoms with E-state index in [1.807, 2.05) is 18.7 Å². The number of hydrogen-bond donors (Lipinski definition) is 2. The van der Waals surface area contributed by atoms with Crippen molar-refractivity contribution in [2.75, 3.05) is 39.3 Å². The zero-order valence-electron chi connectivity index (χ0n) is 14.5. The molecule has 0 aromatic heterocycles. The summed E-state index contributed by atoms with van der Waals surface area (Å²) in [5.74, 6) is 0.550. The molecule has 6 nitrogen and oxygen atoms in total. The number of hydrogen-bond acceptors (Lipinski definition) is 4. The van der Waals surface area contributed by atoms with Gasteiger partial charge in [-0.15, -0.1) is 12.4 Å². The highest BCUT2D eigenvalue weighted by molar-refractivity contribution is 5.85. The monoisotopic (exact) mass is 346 g/mol. The summed E-state index contributed by atoms with van der Waals surface area (Å²) in [7, 11) is 0. The molecular formula is C16H31ClN4O2. The van der Waals surface area contributed by atoms with Crippen LogP contribution in [0.1, 0.15) is 33.6 Å². The summed E-state index contributed by atoms with van der Waals surface area (Å²) in [6, 6.07) is 0.612. The van der Waals surface area contributed by atoms with E-state index in [2.05, 4.69) is 22.5 Å². The third kappa shape index (κ3) is 6.28. The zero-order valence-corrected chi connectivity index (χ0v) is 15.3. The first-order valence-corrected chi connectivity index (χ1v) is 8.49. The van der Waals surface area contributed by atoms with Gasteiger partial charge < -0.3 is 15.5 Å². The highest BCUT2D eigenvalue weighted by atomic mass is 35.5.